The van der Waals surface area contributed by atoms with Crippen molar-refractivity contribution in [2.24, 2.45) is 13.0 Å². The van der Waals surface area contributed by atoms with E-state index < -0.39 is 6.10 Å². The molecule has 2 aromatic heterocycles. The van der Waals surface area contributed by atoms with Gasteiger partial charge >= 0.3 is 0 Å². The number of hydrogen-bond donors (Lipinski definition) is 2. The highest BCUT2D eigenvalue weighted by molar-refractivity contribution is 5.97. The number of aliphatic hydroxyl groups is 1. The normalized spacial score (nSPS) is 17.1. The number of aromatic amines is 1. The maximum Gasteiger partial charge on any atom is 0.253 e. The quantitative estimate of drug-likeness (QED) is 0.748. The summed E-state index contributed by atoms with van der Waals surface area (Å²) in [5.74, 6) is 0.791. The van der Waals surface area contributed by atoms with Crippen LogP contribution in [0.2, 0.25) is 0 Å². The van der Waals surface area contributed by atoms with Gasteiger partial charge in [0.05, 0.1) is 0 Å². The second kappa shape index (κ2) is 6.29. The van der Waals surface area contributed by atoms with Crippen molar-refractivity contribution < 1.29 is 9.90 Å². The lowest BCUT2D eigenvalue weighted by molar-refractivity contribution is 0.0420. The fourth-order valence-electron chi connectivity index (χ4n) is 3.45. The van der Waals surface area contributed by atoms with Crippen LogP contribution in [0, 0.1) is 5.92 Å². The average molecular weight is 340 g/mol. The van der Waals surface area contributed by atoms with E-state index in [0.29, 0.717) is 30.0 Å². The van der Waals surface area contributed by atoms with Crippen LogP contribution in [0.3, 0.4) is 0 Å². The van der Waals surface area contributed by atoms with Crippen molar-refractivity contribution in [1.29, 1.82) is 0 Å². The molecule has 8 nitrogen and oxygen atoms in total. The summed E-state index contributed by atoms with van der Waals surface area (Å²) in [5.41, 5.74) is 2.05. The van der Waals surface area contributed by atoms with Crippen LogP contribution in [0.15, 0.2) is 30.6 Å². The number of nitrogens with zero attached hydrogens (tertiary/aromatic N) is 5. The summed E-state index contributed by atoms with van der Waals surface area (Å²) in [6.07, 6.45) is 4.44. The second-order valence-electron chi connectivity index (χ2n) is 6.50. The third kappa shape index (κ3) is 2.89. The zero-order valence-electron chi connectivity index (χ0n) is 14.0. The summed E-state index contributed by atoms with van der Waals surface area (Å²) >= 11 is 0. The molecule has 1 unspecified atom stereocenters. The molecule has 0 radical (unpaired) electrons. The molecule has 1 aromatic carbocycles. The van der Waals surface area contributed by atoms with Gasteiger partial charge in [0.2, 0.25) is 0 Å². The highest BCUT2D eigenvalue weighted by Gasteiger charge is 2.30. The van der Waals surface area contributed by atoms with Gasteiger partial charge in [0.25, 0.3) is 5.91 Å². The van der Waals surface area contributed by atoms with E-state index in [4.69, 9.17) is 0 Å². The van der Waals surface area contributed by atoms with Gasteiger partial charge in [-0.3, -0.25) is 4.79 Å². The highest BCUT2D eigenvalue weighted by Crippen LogP contribution is 2.30. The molecule has 4 rings (SSSR count). The Morgan fingerprint density at radius 3 is 2.76 bits per heavy atom. The number of rotatable bonds is 3. The second-order valence-corrected chi connectivity index (χ2v) is 6.50. The molecule has 0 spiro atoms. The maximum absolute atomic E-state index is 12.7. The molecule has 0 aliphatic carbocycles. The number of nitrogens with one attached hydrogen (secondary N) is 1. The van der Waals surface area contributed by atoms with Gasteiger partial charge in [-0.2, -0.15) is 15.4 Å². The number of likely N-dealkylation sites (tertiary alicyclic amines) is 1. The molecule has 25 heavy (non-hydrogen) atoms. The smallest absolute Gasteiger partial charge is 0.253 e. The minimum Gasteiger partial charge on any atom is -0.385 e. The molecular formula is C17H20N6O2. The summed E-state index contributed by atoms with van der Waals surface area (Å²) in [6.45, 7) is 1.25. The number of aromatic nitrogens is 5. The van der Waals surface area contributed by atoms with E-state index in [0.717, 1.165) is 18.4 Å². The molecule has 1 atom stereocenters. The zero-order chi connectivity index (χ0) is 17.4. The number of H-pyrrole nitrogens is 1. The number of carbonyl (C=O) groups is 1. The monoisotopic (exact) mass is 340 g/mol. The molecule has 130 valence electrons. The Balaban J connectivity index is 1.42. The van der Waals surface area contributed by atoms with E-state index in [1.54, 1.807) is 24.4 Å². The third-order valence-electron chi connectivity index (χ3n) is 4.96. The molecule has 3 heterocycles. The van der Waals surface area contributed by atoms with E-state index in [9.17, 15) is 9.90 Å². The van der Waals surface area contributed by atoms with Crippen molar-refractivity contribution in [1.82, 2.24) is 29.9 Å². The van der Waals surface area contributed by atoms with E-state index in [1.165, 1.54) is 0 Å². The van der Waals surface area contributed by atoms with Crippen molar-refractivity contribution in [2.75, 3.05) is 13.1 Å². The number of carbonyl (C=O) groups excluding carboxylic acids is 1. The minimum absolute atomic E-state index is 0.00479. The number of aryl methyl sites for hydroxylation is 1. The first-order valence-electron chi connectivity index (χ1n) is 8.38. The van der Waals surface area contributed by atoms with Crippen LogP contribution in [0.1, 0.15) is 35.1 Å². The lowest BCUT2D eigenvalue weighted by atomic mass is 9.90. The standard InChI is InChI=1S/C17H20N6O2/c1-22-9-6-18-16(22)15(24)11-4-7-23(8-5-11)17(25)12-2-3-13-14(10-12)20-21-19-13/h2-3,6,9-11,15,24H,4-5,7-8H2,1H3,(H,19,20,21). The van der Waals surface area contributed by atoms with Gasteiger partial charge in [0.15, 0.2) is 0 Å². The van der Waals surface area contributed by atoms with E-state index in [-0.39, 0.29) is 11.8 Å². The van der Waals surface area contributed by atoms with Gasteiger partial charge in [-0.25, -0.2) is 4.98 Å². The number of imidazole rings is 1. The first kappa shape index (κ1) is 15.8. The van der Waals surface area contributed by atoms with Gasteiger partial charge in [-0.1, -0.05) is 0 Å². The van der Waals surface area contributed by atoms with Crippen LogP contribution >= 0.6 is 0 Å². The number of amides is 1. The summed E-state index contributed by atoms with van der Waals surface area (Å²) in [7, 11) is 1.88. The van der Waals surface area contributed by atoms with E-state index >= 15 is 0 Å². The van der Waals surface area contributed by atoms with Crippen LogP contribution < -0.4 is 0 Å². The van der Waals surface area contributed by atoms with Gasteiger partial charge in [0.1, 0.15) is 23.0 Å². The first-order chi connectivity index (χ1) is 12.1. The number of fused-ring (bicyclic) bond motifs is 1. The third-order valence-corrected chi connectivity index (χ3v) is 4.96. The molecule has 0 bridgehead atoms. The van der Waals surface area contributed by atoms with Crippen molar-refractivity contribution in [3.8, 4) is 0 Å². The molecule has 1 aliphatic rings. The van der Waals surface area contributed by atoms with Crippen LogP contribution in [0.4, 0.5) is 0 Å². The van der Waals surface area contributed by atoms with Crippen LogP contribution in [0.25, 0.3) is 11.0 Å². The van der Waals surface area contributed by atoms with Crippen LogP contribution in [-0.2, 0) is 7.05 Å². The molecule has 0 saturated carbocycles. The van der Waals surface area contributed by atoms with Gasteiger partial charge < -0.3 is 14.6 Å². The Morgan fingerprint density at radius 2 is 2.04 bits per heavy atom. The SMILES string of the molecule is Cn1ccnc1C(O)C1CCN(C(=O)c2ccc3n[nH]nc3c2)CC1. The van der Waals surface area contributed by atoms with Crippen LogP contribution in [-0.4, -0.2) is 54.0 Å². The van der Waals surface area contributed by atoms with Crippen molar-refractivity contribution in [2.45, 2.75) is 18.9 Å². The Hall–Kier alpha value is -2.74. The molecule has 1 amide bonds. The summed E-state index contributed by atoms with van der Waals surface area (Å²) < 4.78 is 1.84. The molecular weight excluding hydrogens is 320 g/mol. The predicted octanol–water partition coefficient (Wildman–Crippen LogP) is 1.28. The maximum atomic E-state index is 12.7. The Kier molecular flexibility index (Phi) is 3.96. The number of piperidine rings is 1. The largest absolute Gasteiger partial charge is 0.385 e. The highest BCUT2D eigenvalue weighted by atomic mass is 16.3. The van der Waals surface area contributed by atoms with Crippen molar-refractivity contribution in [3.63, 3.8) is 0 Å². The molecule has 1 fully saturated rings. The number of benzene rings is 1. The molecule has 3 aromatic rings. The molecule has 8 heteroatoms. The average Bonchev–Trinajstić information content (AvgIpc) is 3.28. The van der Waals surface area contributed by atoms with Gasteiger partial charge in [-0.05, 0) is 37.0 Å². The van der Waals surface area contributed by atoms with Crippen molar-refractivity contribution >= 4 is 16.9 Å². The topological polar surface area (TPSA) is 99.9 Å². The Bertz CT molecular complexity index is 893. The summed E-state index contributed by atoms with van der Waals surface area (Å²) in [6, 6.07) is 5.33. The first-order valence-corrected chi connectivity index (χ1v) is 8.38. The van der Waals surface area contributed by atoms with Gasteiger partial charge in [0, 0.05) is 38.1 Å². The molecule has 1 saturated heterocycles. The summed E-state index contributed by atoms with van der Waals surface area (Å²) in [5, 5.41) is 21.1. The Morgan fingerprint density at radius 1 is 1.28 bits per heavy atom. The number of hydrogen-bond acceptors (Lipinski definition) is 5. The Labute approximate surface area is 144 Å². The van der Waals surface area contributed by atoms with Crippen LogP contribution in [0.5, 0.6) is 0 Å². The fraction of sp³-hybridized carbons (Fsp3) is 0.412. The zero-order valence-corrected chi connectivity index (χ0v) is 14.0. The number of aliphatic hydroxyl groups excluding tert-OH is 1. The van der Waals surface area contributed by atoms with E-state index in [2.05, 4.69) is 20.4 Å². The lowest BCUT2D eigenvalue weighted by Gasteiger charge is -2.34. The fourth-order valence-corrected chi connectivity index (χ4v) is 3.45. The minimum atomic E-state index is -0.594. The van der Waals surface area contributed by atoms with E-state index in [1.807, 2.05) is 22.7 Å². The lowest BCUT2D eigenvalue weighted by Crippen LogP contribution is -2.40. The predicted molar refractivity (Wildman–Crippen MR) is 90.7 cm³/mol. The summed E-state index contributed by atoms with van der Waals surface area (Å²) in [4.78, 5) is 18.8. The molecule has 2 N–H and O–H groups in total. The van der Waals surface area contributed by atoms with Crippen molar-refractivity contribution in [3.05, 3.63) is 42.0 Å². The molecule has 1 aliphatic heterocycles. The van der Waals surface area contributed by atoms with Gasteiger partial charge in [-0.15, -0.1) is 0 Å².